The minimum atomic E-state index is -1.34. The molecule has 0 aliphatic rings. The number of carbonyl (C=O) groups is 1. The highest BCUT2D eigenvalue weighted by atomic mass is 35.5. The zero-order chi connectivity index (χ0) is 11.7. The number of nitrogens with zero attached hydrogens (tertiary/aromatic N) is 5. The fourth-order valence-electron chi connectivity index (χ4n) is 1.34. The molecule has 0 spiro atoms. The van der Waals surface area contributed by atoms with Crippen molar-refractivity contribution in [3.05, 3.63) is 17.8 Å². The second kappa shape index (κ2) is 3.93. The van der Waals surface area contributed by atoms with E-state index in [-0.39, 0.29) is 11.7 Å². The summed E-state index contributed by atoms with van der Waals surface area (Å²) in [4.78, 5) is 22.5. The maximum Gasteiger partial charge on any atom is 0.184 e. The molecular formula is C8H7ClN5O2-. The summed E-state index contributed by atoms with van der Waals surface area (Å²) in [5.41, 5.74) is 0.676. The van der Waals surface area contributed by atoms with Gasteiger partial charge in [0.1, 0.15) is 18.2 Å². The lowest BCUT2D eigenvalue weighted by Gasteiger charge is -2.23. The molecule has 0 aliphatic carbocycles. The smallest absolute Gasteiger partial charge is 0.184 e. The number of aromatic nitrogens is 4. The Morgan fingerprint density at radius 3 is 2.94 bits per heavy atom. The topological polar surface area (TPSA) is 87.0 Å². The summed E-state index contributed by atoms with van der Waals surface area (Å²) < 4.78 is 1.26. The van der Waals surface area contributed by atoms with Crippen LogP contribution in [0.2, 0.25) is 5.15 Å². The molecule has 0 aliphatic heterocycles. The number of amides is 1. The minimum absolute atomic E-state index is 0.179. The molecule has 7 nitrogen and oxygen atoms in total. The van der Waals surface area contributed by atoms with Crippen molar-refractivity contribution >= 4 is 28.9 Å². The fraction of sp³-hybridized carbons (Fsp3) is 0.250. The normalized spacial score (nSPS) is 10.6. The van der Waals surface area contributed by atoms with E-state index in [4.69, 9.17) is 11.6 Å². The van der Waals surface area contributed by atoms with Gasteiger partial charge >= 0.3 is 0 Å². The molecule has 2 aromatic rings. The third-order valence-electron chi connectivity index (χ3n) is 2.04. The van der Waals surface area contributed by atoms with E-state index in [0.29, 0.717) is 11.2 Å². The second-order valence-electron chi connectivity index (χ2n) is 2.91. The first-order valence-corrected chi connectivity index (χ1v) is 4.85. The first-order valence-electron chi connectivity index (χ1n) is 4.47. The third kappa shape index (κ3) is 1.54. The summed E-state index contributed by atoms with van der Waals surface area (Å²) in [6.07, 6.45) is 1.22. The summed E-state index contributed by atoms with van der Waals surface area (Å²) in [6.45, 7) is 1.89. The number of carboxylic acid groups (broad SMARTS) is 1. The monoisotopic (exact) mass is 240 g/mol. The SMILES string of the molecule is CCN(C(=O)[O-])n1cnc2c(Cl)ncnc21. The van der Waals surface area contributed by atoms with Gasteiger partial charge in [0, 0.05) is 6.54 Å². The Morgan fingerprint density at radius 1 is 1.56 bits per heavy atom. The Labute approximate surface area is 95.3 Å². The van der Waals surface area contributed by atoms with Crippen LogP contribution in [0.1, 0.15) is 6.92 Å². The zero-order valence-electron chi connectivity index (χ0n) is 8.29. The van der Waals surface area contributed by atoms with E-state index in [2.05, 4.69) is 15.0 Å². The summed E-state index contributed by atoms with van der Waals surface area (Å²) in [6, 6.07) is 0. The Bertz CT molecular complexity index is 540. The highest BCUT2D eigenvalue weighted by Gasteiger charge is 2.12. The van der Waals surface area contributed by atoms with Gasteiger partial charge in [-0.05, 0) is 6.92 Å². The van der Waals surface area contributed by atoms with Crippen molar-refractivity contribution in [3.63, 3.8) is 0 Å². The van der Waals surface area contributed by atoms with Gasteiger partial charge in [0.2, 0.25) is 0 Å². The number of carbonyl (C=O) groups excluding carboxylic acids is 1. The van der Waals surface area contributed by atoms with Gasteiger partial charge in [-0.15, -0.1) is 0 Å². The lowest BCUT2D eigenvalue weighted by Crippen LogP contribution is -2.47. The predicted molar refractivity (Wildman–Crippen MR) is 54.5 cm³/mol. The van der Waals surface area contributed by atoms with Crippen LogP contribution in [0.15, 0.2) is 12.7 Å². The molecule has 0 bridgehead atoms. The molecule has 0 saturated heterocycles. The molecule has 2 aromatic heterocycles. The molecule has 84 valence electrons. The van der Waals surface area contributed by atoms with Crippen LogP contribution in [0.5, 0.6) is 0 Å². The van der Waals surface area contributed by atoms with E-state index >= 15 is 0 Å². The molecule has 16 heavy (non-hydrogen) atoms. The van der Waals surface area contributed by atoms with Gasteiger partial charge in [0.15, 0.2) is 16.9 Å². The largest absolute Gasteiger partial charge is 0.529 e. The van der Waals surface area contributed by atoms with Crippen molar-refractivity contribution < 1.29 is 9.90 Å². The van der Waals surface area contributed by atoms with Crippen LogP contribution in [-0.4, -0.2) is 32.3 Å². The van der Waals surface area contributed by atoms with E-state index in [1.165, 1.54) is 17.3 Å². The molecule has 0 radical (unpaired) electrons. The predicted octanol–water partition coefficient (Wildman–Crippen LogP) is -0.219. The van der Waals surface area contributed by atoms with Crippen molar-refractivity contribution in [1.82, 2.24) is 19.6 Å². The number of halogens is 1. The summed E-state index contributed by atoms with van der Waals surface area (Å²) >= 11 is 5.79. The van der Waals surface area contributed by atoms with Crippen LogP contribution < -0.4 is 10.1 Å². The molecule has 0 fully saturated rings. The Balaban J connectivity index is 2.61. The summed E-state index contributed by atoms with van der Waals surface area (Å²) in [5, 5.41) is 12.0. The molecule has 0 atom stereocenters. The molecule has 1 amide bonds. The van der Waals surface area contributed by atoms with E-state index in [1.807, 2.05) is 0 Å². The van der Waals surface area contributed by atoms with Crippen LogP contribution in [0, 0.1) is 0 Å². The quantitative estimate of drug-likeness (QED) is 0.678. The molecule has 2 rings (SSSR count). The van der Waals surface area contributed by atoms with Crippen LogP contribution in [0.25, 0.3) is 11.2 Å². The Hall–Kier alpha value is -1.89. The first kappa shape index (κ1) is 10.6. The maximum atomic E-state index is 10.8. The average molecular weight is 241 g/mol. The molecule has 0 aromatic carbocycles. The van der Waals surface area contributed by atoms with Crippen molar-refractivity contribution in [2.45, 2.75) is 6.92 Å². The van der Waals surface area contributed by atoms with E-state index in [9.17, 15) is 9.90 Å². The van der Waals surface area contributed by atoms with Gasteiger partial charge in [0.25, 0.3) is 0 Å². The van der Waals surface area contributed by atoms with E-state index < -0.39 is 6.09 Å². The number of hydrogen-bond acceptors (Lipinski definition) is 5. The molecule has 0 unspecified atom stereocenters. The molecule has 0 saturated carbocycles. The number of rotatable bonds is 2. The van der Waals surface area contributed by atoms with Crippen molar-refractivity contribution in [2.24, 2.45) is 0 Å². The van der Waals surface area contributed by atoms with Crippen LogP contribution >= 0.6 is 11.6 Å². The van der Waals surface area contributed by atoms with Crippen molar-refractivity contribution in [2.75, 3.05) is 11.6 Å². The maximum absolute atomic E-state index is 10.8. The second-order valence-corrected chi connectivity index (χ2v) is 3.27. The van der Waals surface area contributed by atoms with Crippen LogP contribution in [0.4, 0.5) is 4.79 Å². The number of hydrogen-bond donors (Lipinski definition) is 0. The van der Waals surface area contributed by atoms with E-state index in [0.717, 1.165) is 5.01 Å². The van der Waals surface area contributed by atoms with Crippen molar-refractivity contribution in [3.8, 4) is 0 Å². The Morgan fingerprint density at radius 2 is 2.31 bits per heavy atom. The van der Waals surface area contributed by atoms with Crippen LogP contribution in [-0.2, 0) is 0 Å². The van der Waals surface area contributed by atoms with Gasteiger partial charge < -0.3 is 9.90 Å². The average Bonchev–Trinajstić information content (AvgIpc) is 2.64. The highest BCUT2D eigenvalue weighted by Crippen LogP contribution is 2.16. The lowest BCUT2D eigenvalue weighted by atomic mass is 10.5. The van der Waals surface area contributed by atoms with Gasteiger partial charge in [-0.25, -0.2) is 19.6 Å². The Kier molecular flexibility index (Phi) is 2.61. The summed E-state index contributed by atoms with van der Waals surface area (Å²) in [7, 11) is 0. The molecule has 0 N–H and O–H groups in total. The number of imidazole rings is 1. The third-order valence-corrected chi connectivity index (χ3v) is 2.32. The minimum Gasteiger partial charge on any atom is -0.529 e. The van der Waals surface area contributed by atoms with Gasteiger partial charge in [-0.2, -0.15) is 0 Å². The molecular weight excluding hydrogens is 234 g/mol. The fourth-order valence-corrected chi connectivity index (χ4v) is 1.52. The standard InChI is InChI=1S/C8H8ClN5O2/c1-2-13(8(15)16)14-4-12-5-6(9)10-3-11-7(5)14/h3-4H,2H2,1H3,(H,15,16)/p-1. The van der Waals surface area contributed by atoms with E-state index in [1.54, 1.807) is 6.92 Å². The van der Waals surface area contributed by atoms with Crippen LogP contribution in [0.3, 0.4) is 0 Å². The molecule has 2 heterocycles. The first-order chi connectivity index (χ1) is 7.65. The highest BCUT2D eigenvalue weighted by molar-refractivity contribution is 6.33. The summed E-state index contributed by atoms with van der Waals surface area (Å²) in [5.74, 6) is 0. The van der Waals surface area contributed by atoms with Crippen molar-refractivity contribution in [1.29, 1.82) is 0 Å². The van der Waals surface area contributed by atoms with Gasteiger partial charge in [0.05, 0.1) is 0 Å². The number of fused-ring (bicyclic) bond motifs is 1. The van der Waals surface area contributed by atoms with Gasteiger partial charge in [-0.3, -0.25) is 5.01 Å². The lowest BCUT2D eigenvalue weighted by molar-refractivity contribution is -0.248. The van der Waals surface area contributed by atoms with Gasteiger partial charge in [-0.1, -0.05) is 11.6 Å². The molecule has 8 heteroatoms. The zero-order valence-corrected chi connectivity index (χ0v) is 9.05.